The second kappa shape index (κ2) is 2.19. The molecule has 3 N–H and O–H groups in total. The lowest BCUT2D eigenvalue weighted by molar-refractivity contribution is -0.133. The lowest BCUT2D eigenvalue weighted by atomic mass is 10.0. The zero-order valence-electron chi connectivity index (χ0n) is 4.96. The molecule has 0 bridgehead atoms. The van der Waals surface area contributed by atoms with E-state index in [1.165, 1.54) is 0 Å². The summed E-state index contributed by atoms with van der Waals surface area (Å²) in [6.45, 7) is 0. The molecule has 0 aromatic carbocycles. The van der Waals surface area contributed by atoms with E-state index in [4.69, 9.17) is 5.73 Å². The van der Waals surface area contributed by atoms with Crippen molar-refractivity contribution in [3.63, 3.8) is 0 Å². The predicted octanol–water partition coefficient (Wildman–Crippen LogP) is -0.660. The second-order valence-electron chi connectivity index (χ2n) is 2.20. The fraction of sp³-hybridized carbons (Fsp3) is 0.800. The van der Waals surface area contributed by atoms with Crippen molar-refractivity contribution < 1.29 is 9.90 Å². The Morgan fingerprint density at radius 3 is 2.67 bits per heavy atom. The Morgan fingerprint density at radius 1 is 1.78 bits per heavy atom. The highest BCUT2D eigenvalue weighted by Gasteiger charge is 2.37. The average molecular weight is 147 g/mol. The molecule has 1 fully saturated rings. The van der Waals surface area contributed by atoms with Gasteiger partial charge in [-0.1, -0.05) is 0 Å². The molecule has 0 radical (unpaired) electrons. The van der Waals surface area contributed by atoms with Crippen LogP contribution >= 0.6 is 11.8 Å². The van der Waals surface area contributed by atoms with Crippen LogP contribution in [-0.2, 0) is 4.79 Å². The maximum absolute atomic E-state index is 10.5. The standard InChI is InChI=1S/C5H9NO2S/c6-4(7)5(8)1-2-9-3-5/h8H,1-3H2,(H2,6,7). The molecular formula is C5H9NO2S. The maximum Gasteiger partial charge on any atom is 0.250 e. The van der Waals surface area contributed by atoms with Gasteiger partial charge in [-0.3, -0.25) is 4.79 Å². The third-order valence-electron chi connectivity index (χ3n) is 1.46. The van der Waals surface area contributed by atoms with E-state index >= 15 is 0 Å². The highest BCUT2D eigenvalue weighted by Crippen LogP contribution is 2.26. The zero-order valence-corrected chi connectivity index (χ0v) is 5.78. The van der Waals surface area contributed by atoms with Crippen LogP contribution in [0.1, 0.15) is 6.42 Å². The second-order valence-corrected chi connectivity index (χ2v) is 3.30. The van der Waals surface area contributed by atoms with Gasteiger partial charge in [-0.15, -0.1) is 0 Å². The van der Waals surface area contributed by atoms with Crippen LogP contribution in [-0.4, -0.2) is 28.1 Å². The van der Waals surface area contributed by atoms with E-state index in [1.807, 2.05) is 0 Å². The van der Waals surface area contributed by atoms with Gasteiger partial charge in [-0.05, 0) is 12.2 Å². The van der Waals surface area contributed by atoms with Crippen LogP contribution in [0.25, 0.3) is 0 Å². The summed E-state index contributed by atoms with van der Waals surface area (Å²) >= 11 is 1.56. The number of aliphatic hydroxyl groups is 1. The van der Waals surface area contributed by atoms with Crippen molar-refractivity contribution in [3.8, 4) is 0 Å². The molecule has 1 aliphatic heterocycles. The molecule has 0 aromatic rings. The first-order valence-corrected chi connectivity index (χ1v) is 3.91. The minimum atomic E-state index is -1.20. The summed E-state index contributed by atoms with van der Waals surface area (Å²) in [5, 5.41) is 9.27. The van der Waals surface area contributed by atoms with E-state index in [2.05, 4.69) is 0 Å². The predicted molar refractivity (Wildman–Crippen MR) is 36.1 cm³/mol. The minimum absolute atomic E-state index is 0.461. The highest BCUT2D eigenvalue weighted by atomic mass is 32.2. The van der Waals surface area contributed by atoms with Crippen LogP contribution in [0.15, 0.2) is 0 Å². The van der Waals surface area contributed by atoms with Gasteiger partial charge < -0.3 is 10.8 Å². The van der Waals surface area contributed by atoms with E-state index < -0.39 is 11.5 Å². The van der Waals surface area contributed by atoms with Gasteiger partial charge in [0, 0.05) is 5.75 Å². The molecule has 3 nitrogen and oxygen atoms in total. The topological polar surface area (TPSA) is 63.3 Å². The summed E-state index contributed by atoms with van der Waals surface area (Å²) in [7, 11) is 0. The largest absolute Gasteiger partial charge is 0.379 e. The SMILES string of the molecule is NC(=O)C1(O)CCSC1. The molecule has 1 heterocycles. The van der Waals surface area contributed by atoms with Gasteiger partial charge in [0.25, 0.3) is 0 Å². The lowest BCUT2D eigenvalue weighted by Gasteiger charge is -2.14. The van der Waals surface area contributed by atoms with Crippen LogP contribution in [0.4, 0.5) is 0 Å². The molecular weight excluding hydrogens is 138 g/mol. The molecule has 0 aromatic heterocycles. The summed E-state index contributed by atoms with van der Waals surface area (Å²) in [4.78, 5) is 10.5. The smallest absolute Gasteiger partial charge is 0.250 e. The Labute approximate surface area is 57.6 Å². The first kappa shape index (κ1) is 6.89. The lowest BCUT2D eigenvalue weighted by Crippen LogP contribution is -2.43. The molecule has 1 saturated heterocycles. The van der Waals surface area contributed by atoms with Crippen LogP contribution in [0.5, 0.6) is 0 Å². The van der Waals surface area contributed by atoms with E-state index in [0.717, 1.165) is 5.75 Å². The summed E-state index contributed by atoms with van der Waals surface area (Å²) in [6.07, 6.45) is 0.507. The Kier molecular flexibility index (Phi) is 1.68. The van der Waals surface area contributed by atoms with Crippen LogP contribution in [0, 0.1) is 0 Å². The minimum Gasteiger partial charge on any atom is -0.379 e. The molecule has 0 aliphatic carbocycles. The normalized spacial score (nSPS) is 34.8. The van der Waals surface area contributed by atoms with Crippen molar-refractivity contribution in [2.45, 2.75) is 12.0 Å². The molecule has 0 spiro atoms. The number of thioether (sulfide) groups is 1. The van der Waals surface area contributed by atoms with Gasteiger partial charge in [0.05, 0.1) is 0 Å². The van der Waals surface area contributed by atoms with E-state index in [9.17, 15) is 9.90 Å². The first-order valence-electron chi connectivity index (χ1n) is 2.75. The van der Waals surface area contributed by atoms with Gasteiger partial charge in [0.15, 0.2) is 5.60 Å². The Balaban J connectivity index is 2.61. The summed E-state index contributed by atoms with van der Waals surface area (Å²) < 4.78 is 0. The van der Waals surface area contributed by atoms with Crippen molar-refractivity contribution in [1.29, 1.82) is 0 Å². The highest BCUT2D eigenvalue weighted by molar-refractivity contribution is 7.99. The molecule has 9 heavy (non-hydrogen) atoms. The Bertz CT molecular complexity index is 131. The molecule has 1 rings (SSSR count). The average Bonchev–Trinajstić information content (AvgIpc) is 2.16. The number of hydrogen-bond donors (Lipinski definition) is 2. The van der Waals surface area contributed by atoms with Crippen molar-refractivity contribution in [2.75, 3.05) is 11.5 Å². The van der Waals surface area contributed by atoms with Crippen LogP contribution < -0.4 is 5.73 Å². The third kappa shape index (κ3) is 1.19. The molecule has 52 valence electrons. The van der Waals surface area contributed by atoms with Crippen LogP contribution in [0.3, 0.4) is 0 Å². The van der Waals surface area contributed by atoms with E-state index in [1.54, 1.807) is 11.8 Å². The molecule has 1 atom stereocenters. The van der Waals surface area contributed by atoms with E-state index in [0.29, 0.717) is 12.2 Å². The first-order chi connectivity index (χ1) is 4.15. The van der Waals surface area contributed by atoms with Crippen molar-refractivity contribution >= 4 is 17.7 Å². The summed E-state index contributed by atoms with van der Waals surface area (Å²) in [5.74, 6) is 0.703. The number of amides is 1. The molecule has 0 saturated carbocycles. The fourth-order valence-electron chi connectivity index (χ4n) is 0.749. The van der Waals surface area contributed by atoms with Gasteiger partial charge >= 0.3 is 0 Å². The van der Waals surface area contributed by atoms with Crippen molar-refractivity contribution in [1.82, 2.24) is 0 Å². The zero-order chi connectivity index (χ0) is 6.91. The molecule has 1 unspecified atom stereocenters. The van der Waals surface area contributed by atoms with Gasteiger partial charge in [-0.2, -0.15) is 11.8 Å². The molecule has 1 aliphatic rings. The number of hydrogen-bond acceptors (Lipinski definition) is 3. The molecule has 4 heteroatoms. The fourth-order valence-corrected chi connectivity index (χ4v) is 2.00. The Hall–Kier alpha value is -0.220. The molecule has 1 amide bonds. The van der Waals surface area contributed by atoms with Gasteiger partial charge in [-0.25, -0.2) is 0 Å². The van der Waals surface area contributed by atoms with E-state index in [-0.39, 0.29) is 0 Å². The number of primary amides is 1. The van der Waals surface area contributed by atoms with Gasteiger partial charge in [0.1, 0.15) is 0 Å². The monoisotopic (exact) mass is 147 g/mol. The van der Waals surface area contributed by atoms with Crippen molar-refractivity contribution in [3.05, 3.63) is 0 Å². The number of rotatable bonds is 1. The van der Waals surface area contributed by atoms with Crippen molar-refractivity contribution in [2.24, 2.45) is 5.73 Å². The van der Waals surface area contributed by atoms with Gasteiger partial charge in [0.2, 0.25) is 5.91 Å². The number of carbonyl (C=O) groups is 1. The summed E-state index contributed by atoms with van der Waals surface area (Å²) in [5.41, 5.74) is 3.73. The van der Waals surface area contributed by atoms with Crippen LogP contribution in [0.2, 0.25) is 0 Å². The quantitative estimate of drug-likeness (QED) is 0.517. The maximum atomic E-state index is 10.5. The number of nitrogens with two attached hydrogens (primary N) is 1. The summed E-state index contributed by atoms with van der Waals surface area (Å²) in [6, 6.07) is 0. The Morgan fingerprint density at radius 2 is 2.44 bits per heavy atom. The third-order valence-corrected chi connectivity index (χ3v) is 2.63. The number of carbonyl (C=O) groups excluding carboxylic acids is 1.